The fourth-order valence-corrected chi connectivity index (χ4v) is 3.15. The molecule has 4 rings (SSSR count). The second-order valence-electron chi connectivity index (χ2n) is 7.01. The topological polar surface area (TPSA) is 56.2 Å². The molecule has 5 nitrogen and oxygen atoms in total. The van der Waals surface area contributed by atoms with Crippen LogP contribution in [0.5, 0.6) is 5.75 Å². The Labute approximate surface area is 175 Å². The average molecular weight is 397 g/mol. The third kappa shape index (κ3) is 4.75. The van der Waals surface area contributed by atoms with Crippen molar-refractivity contribution in [1.82, 2.24) is 15.1 Å². The Bertz CT molecular complexity index is 1100. The van der Waals surface area contributed by atoms with Gasteiger partial charge in [0.25, 0.3) is 5.91 Å². The number of nitrogens with one attached hydrogen (secondary N) is 1. The summed E-state index contributed by atoms with van der Waals surface area (Å²) in [5, 5.41) is 7.41. The molecular weight excluding hydrogens is 374 g/mol. The van der Waals surface area contributed by atoms with Crippen molar-refractivity contribution in [1.29, 1.82) is 0 Å². The molecule has 0 bridgehead atoms. The van der Waals surface area contributed by atoms with E-state index in [0.717, 1.165) is 28.1 Å². The molecule has 4 aromatic rings. The van der Waals surface area contributed by atoms with Crippen molar-refractivity contribution < 1.29 is 9.53 Å². The van der Waals surface area contributed by atoms with Crippen molar-refractivity contribution in [2.75, 3.05) is 0 Å². The van der Waals surface area contributed by atoms with Crippen LogP contribution in [0.4, 0.5) is 0 Å². The van der Waals surface area contributed by atoms with Crippen molar-refractivity contribution in [3.05, 3.63) is 108 Å². The molecule has 5 heteroatoms. The molecule has 0 fully saturated rings. The average Bonchev–Trinajstić information content (AvgIpc) is 3.20. The summed E-state index contributed by atoms with van der Waals surface area (Å²) >= 11 is 0. The van der Waals surface area contributed by atoms with Crippen LogP contribution in [0, 0.1) is 0 Å². The van der Waals surface area contributed by atoms with Crippen molar-refractivity contribution in [3.8, 4) is 17.0 Å². The quantitative estimate of drug-likeness (QED) is 0.496. The first-order valence-corrected chi connectivity index (χ1v) is 9.82. The van der Waals surface area contributed by atoms with Gasteiger partial charge in [0.1, 0.15) is 18.1 Å². The summed E-state index contributed by atoms with van der Waals surface area (Å²) in [6.07, 6.45) is 0. The molecule has 150 valence electrons. The van der Waals surface area contributed by atoms with Gasteiger partial charge in [-0.05, 0) is 29.3 Å². The maximum absolute atomic E-state index is 12.6. The summed E-state index contributed by atoms with van der Waals surface area (Å²) < 4.78 is 7.41. The number of hydrogen-bond donors (Lipinski definition) is 1. The number of carbonyl (C=O) groups excluding carboxylic acids is 1. The van der Waals surface area contributed by atoms with Crippen LogP contribution in [0.1, 0.15) is 21.6 Å². The predicted octanol–water partition coefficient (Wildman–Crippen LogP) is 4.60. The van der Waals surface area contributed by atoms with Gasteiger partial charge >= 0.3 is 0 Å². The van der Waals surface area contributed by atoms with Gasteiger partial charge < -0.3 is 10.1 Å². The van der Waals surface area contributed by atoms with Gasteiger partial charge in [-0.1, -0.05) is 72.8 Å². The first kappa shape index (κ1) is 19.5. The van der Waals surface area contributed by atoms with Gasteiger partial charge in [-0.3, -0.25) is 9.48 Å². The molecule has 0 radical (unpaired) electrons. The lowest BCUT2D eigenvalue weighted by molar-refractivity contribution is 0.0941. The van der Waals surface area contributed by atoms with Crippen molar-refractivity contribution in [2.24, 2.45) is 7.05 Å². The van der Waals surface area contributed by atoms with Crippen LogP contribution in [0.3, 0.4) is 0 Å². The Morgan fingerprint density at radius 3 is 2.27 bits per heavy atom. The Kier molecular flexibility index (Phi) is 5.90. The van der Waals surface area contributed by atoms with Gasteiger partial charge in [-0.25, -0.2) is 0 Å². The number of nitrogens with zero attached hydrogens (tertiary/aromatic N) is 2. The predicted molar refractivity (Wildman–Crippen MR) is 117 cm³/mol. The minimum Gasteiger partial charge on any atom is -0.489 e. The highest BCUT2D eigenvalue weighted by Crippen LogP contribution is 2.18. The standard InChI is InChI=1S/C25H23N3O2/c1-28-24(16-23(27-28)21-10-6-3-7-11-21)25(29)26-17-19-12-14-22(15-13-19)30-18-20-8-4-2-5-9-20/h2-16H,17-18H2,1H3,(H,26,29). The third-order valence-corrected chi connectivity index (χ3v) is 4.81. The van der Waals surface area contributed by atoms with Crippen LogP contribution < -0.4 is 10.1 Å². The molecule has 1 N–H and O–H groups in total. The number of rotatable bonds is 7. The SMILES string of the molecule is Cn1nc(-c2ccccc2)cc1C(=O)NCc1ccc(OCc2ccccc2)cc1. The summed E-state index contributed by atoms with van der Waals surface area (Å²) in [7, 11) is 1.78. The molecule has 30 heavy (non-hydrogen) atoms. The van der Waals surface area contributed by atoms with E-state index in [4.69, 9.17) is 4.74 Å². The number of amides is 1. The monoisotopic (exact) mass is 397 g/mol. The molecule has 0 aliphatic rings. The lowest BCUT2D eigenvalue weighted by Gasteiger charge is -2.08. The van der Waals surface area contributed by atoms with Gasteiger partial charge in [-0.2, -0.15) is 5.10 Å². The van der Waals surface area contributed by atoms with E-state index in [-0.39, 0.29) is 5.91 Å². The number of aryl methyl sites for hydroxylation is 1. The minimum atomic E-state index is -0.156. The van der Waals surface area contributed by atoms with Crippen molar-refractivity contribution in [2.45, 2.75) is 13.2 Å². The van der Waals surface area contributed by atoms with Gasteiger partial charge in [0, 0.05) is 19.2 Å². The summed E-state index contributed by atoms with van der Waals surface area (Å²) in [6.45, 7) is 0.963. The number of carbonyl (C=O) groups is 1. The highest BCUT2D eigenvalue weighted by Gasteiger charge is 2.14. The van der Waals surface area contributed by atoms with E-state index >= 15 is 0 Å². The summed E-state index contributed by atoms with van der Waals surface area (Å²) in [5.74, 6) is 0.643. The van der Waals surface area contributed by atoms with E-state index < -0.39 is 0 Å². The van der Waals surface area contributed by atoms with Crippen LogP contribution in [-0.2, 0) is 20.2 Å². The Hall–Kier alpha value is -3.86. The van der Waals surface area contributed by atoms with E-state index in [1.54, 1.807) is 11.7 Å². The Morgan fingerprint density at radius 1 is 0.900 bits per heavy atom. The Morgan fingerprint density at radius 2 is 1.57 bits per heavy atom. The van der Waals surface area contributed by atoms with E-state index in [1.165, 1.54) is 0 Å². The van der Waals surface area contributed by atoms with E-state index in [1.807, 2.05) is 91.0 Å². The number of aromatic nitrogens is 2. The first-order valence-electron chi connectivity index (χ1n) is 9.82. The molecule has 0 saturated heterocycles. The van der Waals surface area contributed by atoms with E-state index in [9.17, 15) is 4.79 Å². The number of benzene rings is 3. The lowest BCUT2D eigenvalue weighted by Crippen LogP contribution is -2.25. The lowest BCUT2D eigenvalue weighted by atomic mass is 10.1. The molecule has 3 aromatic carbocycles. The first-order chi connectivity index (χ1) is 14.7. The number of ether oxygens (including phenoxy) is 1. The molecule has 1 amide bonds. The highest BCUT2D eigenvalue weighted by molar-refractivity contribution is 5.93. The van der Waals surface area contributed by atoms with Crippen molar-refractivity contribution in [3.63, 3.8) is 0 Å². The number of hydrogen-bond acceptors (Lipinski definition) is 3. The van der Waals surface area contributed by atoms with Crippen LogP contribution >= 0.6 is 0 Å². The van der Waals surface area contributed by atoms with Gasteiger partial charge in [-0.15, -0.1) is 0 Å². The molecule has 0 unspecified atom stereocenters. The Balaban J connectivity index is 1.33. The molecule has 1 heterocycles. The van der Waals surface area contributed by atoms with E-state index in [2.05, 4.69) is 10.4 Å². The minimum absolute atomic E-state index is 0.156. The molecule has 0 spiro atoms. The molecule has 0 aliphatic heterocycles. The fourth-order valence-electron chi connectivity index (χ4n) is 3.15. The highest BCUT2D eigenvalue weighted by atomic mass is 16.5. The second-order valence-corrected chi connectivity index (χ2v) is 7.01. The fraction of sp³-hybridized carbons (Fsp3) is 0.120. The molecule has 0 aliphatic carbocycles. The second kappa shape index (κ2) is 9.09. The van der Waals surface area contributed by atoms with Crippen molar-refractivity contribution >= 4 is 5.91 Å². The largest absolute Gasteiger partial charge is 0.489 e. The van der Waals surface area contributed by atoms with Gasteiger partial charge in [0.15, 0.2) is 0 Å². The van der Waals surface area contributed by atoms with Crippen LogP contribution in [-0.4, -0.2) is 15.7 Å². The van der Waals surface area contributed by atoms with Crippen LogP contribution in [0.2, 0.25) is 0 Å². The smallest absolute Gasteiger partial charge is 0.269 e. The molecule has 1 aromatic heterocycles. The third-order valence-electron chi connectivity index (χ3n) is 4.81. The maximum atomic E-state index is 12.6. The molecule has 0 atom stereocenters. The molecular formula is C25H23N3O2. The zero-order valence-electron chi connectivity index (χ0n) is 16.8. The zero-order chi connectivity index (χ0) is 20.8. The summed E-state index contributed by atoms with van der Waals surface area (Å²) in [5.41, 5.74) is 4.42. The van der Waals surface area contributed by atoms with Gasteiger partial charge in [0.05, 0.1) is 5.69 Å². The summed E-state index contributed by atoms with van der Waals surface area (Å²) in [4.78, 5) is 12.6. The normalized spacial score (nSPS) is 10.6. The summed E-state index contributed by atoms with van der Waals surface area (Å²) in [6, 6.07) is 29.4. The van der Waals surface area contributed by atoms with Gasteiger partial charge in [0.2, 0.25) is 0 Å². The van der Waals surface area contributed by atoms with Crippen LogP contribution in [0.25, 0.3) is 11.3 Å². The van der Waals surface area contributed by atoms with E-state index in [0.29, 0.717) is 18.8 Å². The molecule has 0 saturated carbocycles. The zero-order valence-corrected chi connectivity index (χ0v) is 16.8. The maximum Gasteiger partial charge on any atom is 0.269 e. The van der Waals surface area contributed by atoms with Crippen LogP contribution in [0.15, 0.2) is 91.0 Å².